The van der Waals surface area contributed by atoms with Crippen LogP contribution in [0.25, 0.3) is 0 Å². The number of rotatable bonds is 5. The second-order valence-corrected chi connectivity index (χ2v) is 3.91. The number of ether oxygens (including phenoxy) is 1. The van der Waals surface area contributed by atoms with Crippen LogP contribution in [0, 0.1) is 5.82 Å². The molecule has 0 aliphatic rings. The molecule has 1 amide bonds. The highest BCUT2D eigenvalue weighted by Gasteiger charge is 2.11. The van der Waals surface area contributed by atoms with Crippen LogP contribution >= 0.6 is 0 Å². The maximum absolute atomic E-state index is 13.3. The van der Waals surface area contributed by atoms with Crippen LogP contribution in [0.5, 0.6) is 0 Å². The van der Waals surface area contributed by atoms with Crippen molar-refractivity contribution in [1.29, 1.82) is 0 Å². The van der Waals surface area contributed by atoms with Crippen molar-refractivity contribution in [3.05, 3.63) is 59.8 Å². The molecule has 1 aromatic heterocycles. The molecule has 2 rings (SSSR count). The van der Waals surface area contributed by atoms with Gasteiger partial charge in [-0.2, -0.15) is 0 Å². The van der Waals surface area contributed by atoms with Gasteiger partial charge in [0.1, 0.15) is 19.0 Å². The molecule has 0 aliphatic heterocycles. The van der Waals surface area contributed by atoms with Gasteiger partial charge in [-0.1, -0.05) is 18.2 Å². The third-order valence-corrected chi connectivity index (χ3v) is 2.48. The quantitative estimate of drug-likeness (QED) is 0.847. The van der Waals surface area contributed by atoms with E-state index in [2.05, 4.69) is 5.32 Å². The lowest BCUT2D eigenvalue weighted by Gasteiger charge is -2.06. The topological polar surface area (TPSA) is 68.5 Å². The molecule has 0 unspecified atom stereocenters. The number of carbonyl (C=O) groups is 2. The monoisotopic (exact) mass is 277 g/mol. The molecule has 0 bridgehead atoms. The minimum atomic E-state index is -0.659. The third kappa shape index (κ3) is 3.68. The first kappa shape index (κ1) is 13.8. The number of nitrogens with one attached hydrogen (secondary N) is 1. The Bertz CT molecular complexity index is 595. The van der Waals surface area contributed by atoms with Crippen LogP contribution in [0.3, 0.4) is 0 Å². The van der Waals surface area contributed by atoms with E-state index in [4.69, 9.17) is 9.15 Å². The molecule has 1 aromatic carbocycles. The van der Waals surface area contributed by atoms with Gasteiger partial charge < -0.3 is 14.5 Å². The Morgan fingerprint density at radius 2 is 2.00 bits per heavy atom. The van der Waals surface area contributed by atoms with Gasteiger partial charge in [-0.25, -0.2) is 4.39 Å². The summed E-state index contributed by atoms with van der Waals surface area (Å²) in [5, 5.41) is 2.33. The molecule has 0 saturated carbocycles. The summed E-state index contributed by atoms with van der Waals surface area (Å²) >= 11 is 0. The normalized spacial score (nSPS) is 10.1. The van der Waals surface area contributed by atoms with Crippen LogP contribution in [0.2, 0.25) is 0 Å². The lowest BCUT2D eigenvalue weighted by molar-refractivity contribution is -0.143. The highest BCUT2D eigenvalue weighted by Crippen LogP contribution is 2.07. The Labute approximate surface area is 114 Å². The number of amides is 1. The molecule has 20 heavy (non-hydrogen) atoms. The fourth-order valence-corrected chi connectivity index (χ4v) is 1.47. The number of hydrogen-bond acceptors (Lipinski definition) is 4. The van der Waals surface area contributed by atoms with Crippen molar-refractivity contribution in [2.24, 2.45) is 0 Å². The largest absolute Gasteiger partial charge is 0.459 e. The molecule has 1 heterocycles. The SMILES string of the molecule is O=C(CNC(=O)c1ccco1)OCc1ccccc1F. The van der Waals surface area contributed by atoms with Crippen molar-refractivity contribution in [3.63, 3.8) is 0 Å². The second kappa shape index (κ2) is 6.51. The molecular weight excluding hydrogens is 265 g/mol. The van der Waals surface area contributed by atoms with E-state index in [1.165, 1.54) is 24.5 Å². The van der Waals surface area contributed by atoms with E-state index in [9.17, 15) is 14.0 Å². The number of hydrogen-bond donors (Lipinski definition) is 1. The molecule has 0 fully saturated rings. The third-order valence-electron chi connectivity index (χ3n) is 2.48. The van der Waals surface area contributed by atoms with Gasteiger partial charge in [0.2, 0.25) is 0 Å². The molecular formula is C14H12FNO4. The van der Waals surface area contributed by atoms with Crippen molar-refractivity contribution >= 4 is 11.9 Å². The number of carbonyl (C=O) groups excluding carboxylic acids is 2. The minimum Gasteiger partial charge on any atom is -0.459 e. The molecule has 0 radical (unpaired) electrons. The summed E-state index contributed by atoms with van der Waals surface area (Å²) in [6.07, 6.45) is 1.35. The van der Waals surface area contributed by atoms with E-state index < -0.39 is 17.7 Å². The van der Waals surface area contributed by atoms with Crippen LogP contribution in [-0.2, 0) is 16.1 Å². The van der Waals surface area contributed by atoms with Gasteiger partial charge in [0.15, 0.2) is 5.76 Å². The Balaban J connectivity index is 1.76. The van der Waals surface area contributed by atoms with Gasteiger partial charge in [0.25, 0.3) is 5.91 Å². The summed E-state index contributed by atoms with van der Waals surface area (Å²) in [6.45, 7) is -0.490. The Kier molecular flexibility index (Phi) is 4.49. The highest BCUT2D eigenvalue weighted by molar-refractivity contribution is 5.93. The summed E-state index contributed by atoms with van der Waals surface area (Å²) in [5.41, 5.74) is 0.276. The molecule has 0 spiro atoms. The van der Waals surface area contributed by atoms with Gasteiger partial charge in [-0.15, -0.1) is 0 Å². The predicted octanol–water partition coefficient (Wildman–Crippen LogP) is 1.89. The van der Waals surface area contributed by atoms with E-state index in [1.54, 1.807) is 18.2 Å². The molecule has 0 saturated heterocycles. The van der Waals surface area contributed by atoms with E-state index in [-0.39, 0.29) is 24.5 Å². The molecule has 6 heteroatoms. The lowest BCUT2D eigenvalue weighted by Crippen LogP contribution is -2.30. The van der Waals surface area contributed by atoms with Gasteiger partial charge in [0, 0.05) is 5.56 Å². The van der Waals surface area contributed by atoms with Crippen molar-refractivity contribution < 1.29 is 23.1 Å². The summed E-state index contributed by atoms with van der Waals surface area (Å²) in [7, 11) is 0. The molecule has 5 nitrogen and oxygen atoms in total. The first-order chi connectivity index (χ1) is 9.66. The van der Waals surface area contributed by atoms with Crippen LogP contribution < -0.4 is 5.32 Å². The molecule has 2 aromatic rings. The van der Waals surface area contributed by atoms with E-state index in [1.807, 2.05) is 0 Å². The maximum atomic E-state index is 13.3. The van der Waals surface area contributed by atoms with E-state index >= 15 is 0 Å². The first-order valence-corrected chi connectivity index (χ1v) is 5.87. The Morgan fingerprint density at radius 3 is 2.70 bits per heavy atom. The van der Waals surface area contributed by atoms with Crippen molar-refractivity contribution in [2.45, 2.75) is 6.61 Å². The number of furan rings is 1. The summed E-state index contributed by atoms with van der Waals surface area (Å²) in [4.78, 5) is 22.9. The average molecular weight is 277 g/mol. The minimum absolute atomic E-state index is 0.104. The van der Waals surface area contributed by atoms with Crippen LogP contribution in [0.15, 0.2) is 47.1 Å². The Hall–Kier alpha value is -2.63. The zero-order valence-corrected chi connectivity index (χ0v) is 10.5. The molecule has 104 valence electrons. The summed E-state index contributed by atoms with van der Waals surface area (Å²) in [5.74, 6) is -1.52. The molecule has 0 aliphatic carbocycles. The van der Waals surface area contributed by atoms with Gasteiger partial charge in [0.05, 0.1) is 6.26 Å². The average Bonchev–Trinajstić information content (AvgIpc) is 2.98. The Morgan fingerprint density at radius 1 is 1.20 bits per heavy atom. The standard InChI is InChI=1S/C14H12FNO4/c15-11-5-2-1-4-10(11)9-20-13(17)8-16-14(18)12-6-3-7-19-12/h1-7H,8-9H2,(H,16,18). The fourth-order valence-electron chi connectivity index (χ4n) is 1.47. The fraction of sp³-hybridized carbons (Fsp3) is 0.143. The zero-order valence-electron chi connectivity index (χ0n) is 10.5. The molecule has 1 N–H and O–H groups in total. The van der Waals surface area contributed by atoms with Crippen LogP contribution in [0.1, 0.15) is 16.1 Å². The number of esters is 1. The first-order valence-electron chi connectivity index (χ1n) is 5.87. The van der Waals surface area contributed by atoms with Crippen LogP contribution in [0.4, 0.5) is 4.39 Å². The highest BCUT2D eigenvalue weighted by atomic mass is 19.1. The van der Waals surface area contributed by atoms with Crippen molar-refractivity contribution in [2.75, 3.05) is 6.54 Å². The van der Waals surface area contributed by atoms with Crippen molar-refractivity contribution in [3.8, 4) is 0 Å². The van der Waals surface area contributed by atoms with Crippen LogP contribution in [-0.4, -0.2) is 18.4 Å². The lowest BCUT2D eigenvalue weighted by atomic mass is 10.2. The van der Waals surface area contributed by atoms with Gasteiger partial charge in [-0.3, -0.25) is 9.59 Å². The van der Waals surface area contributed by atoms with Gasteiger partial charge >= 0.3 is 5.97 Å². The number of benzene rings is 1. The number of halogens is 1. The smallest absolute Gasteiger partial charge is 0.325 e. The maximum Gasteiger partial charge on any atom is 0.325 e. The summed E-state index contributed by atoms with van der Waals surface area (Å²) < 4.78 is 23.0. The second-order valence-electron chi connectivity index (χ2n) is 3.91. The summed E-state index contributed by atoms with van der Waals surface area (Å²) in [6, 6.07) is 9.02. The van der Waals surface area contributed by atoms with E-state index in [0.29, 0.717) is 0 Å². The molecule has 0 atom stereocenters. The van der Waals surface area contributed by atoms with E-state index in [0.717, 1.165) is 0 Å². The zero-order chi connectivity index (χ0) is 14.4. The van der Waals surface area contributed by atoms with Crippen molar-refractivity contribution in [1.82, 2.24) is 5.32 Å². The van der Waals surface area contributed by atoms with Gasteiger partial charge in [-0.05, 0) is 18.2 Å². The predicted molar refractivity (Wildman–Crippen MR) is 67.2 cm³/mol.